The zero-order valence-electron chi connectivity index (χ0n) is 43.2. The molecule has 394 valence electrons. The van der Waals surface area contributed by atoms with Crippen LogP contribution < -0.4 is 0 Å². The van der Waals surface area contributed by atoms with Crippen molar-refractivity contribution in [2.24, 2.45) is 0 Å². The zero-order valence-corrected chi connectivity index (χ0v) is 47.3. The molecule has 0 spiro atoms. The summed E-state index contributed by atoms with van der Waals surface area (Å²) in [4.78, 5) is 44.2. The number of nitrogens with zero attached hydrogens (tertiary/aromatic N) is 5. The van der Waals surface area contributed by atoms with Crippen LogP contribution in [0, 0.1) is 0 Å². The van der Waals surface area contributed by atoms with E-state index in [1.54, 1.807) is 52.5 Å². The third-order valence-electron chi connectivity index (χ3n) is 2.87. The molecule has 22 heteroatoms. The summed E-state index contributed by atoms with van der Waals surface area (Å²) in [6.45, 7) is 37.5. The highest BCUT2D eigenvalue weighted by molar-refractivity contribution is 7.97. The molecule has 17 nitrogen and oxygen atoms in total. The smallest absolute Gasteiger partial charge is 0.302 e. The molecule has 0 aromatic heterocycles. The van der Waals surface area contributed by atoms with E-state index in [9.17, 15) is 48.6 Å². The van der Waals surface area contributed by atoms with Crippen LogP contribution in [0.1, 0.15) is 49.5 Å². The molecule has 0 heterocycles. The minimum atomic E-state index is -2.91. The third kappa shape index (κ3) is 531. The lowest BCUT2D eigenvalue weighted by atomic mass is 10.6. The van der Waals surface area contributed by atoms with Gasteiger partial charge in [-0.05, 0) is 47.5 Å². The lowest BCUT2D eigenvalue weighted by molar-refractivity contribution is -0.138. The van der Waals surface area contributed by atoms with Crippen LogP contribution in [0.15, 0.2) is 65.8 Å². The Hall–Kier alpha value is -2.99. The molecule has 0 aromatic carbocycles. The molecule has 0 aliphatic rings. The summed E-state index contributed by atoms with van der Waals surface area (Å²) in [5, 5.41) is 0. The summed E-state index contributed by atoms with van der Waals surface area (Å²) >= 11 is 1.75. The van der Waals surface area contributed by atoms with Gasteiger partial charge in [-0.1, -0.05) is 14.9 Å². The Morgan fingerprint density at radius 2 is 0.540 bits per heavy atom. The number of methoxy groups -OCH3 is 1. The van der Waals surface area contributed by atoms with E-state index in [1.807, 2.05) is 38.6 Å². The normalized spacial score (nSPS) is 7.89. The van der Waals surface area contributed by atoms with Crippen molar-refractivity contribution in [3.8, 4) is 0 Å². The second-order valence-corrected chi connectivity index (χ2v) is 20.1. The van der Waals surface area contributed by atoms with E-state index in [0.717, 1.165) is 33.6 Å². The van der Waals surface area contributed by atoms with E-state index in [4.69, 9.17) is 0 Å². The number of ether oxygens (including phenoxy) is 1. The van der Waals surface area contributed by atoms with Crippen molar-refractivity contribution in [2.75, 3.05) is 135 Å². The Morgan fingerprint density at radius 1 is 0.492 bits per heavy atom. The van der Waals surface area contributed by atoms with Gasteiger partial charge in [0.05, 0.1) is 19.6 Å². The van der Waals surface area contributed by atoms with Gasteiger partial charge in [-0.15, -0.1) is 65.8 Å². The number of amides is 2. The lowest BCUT2D eigenvalue weighted by Crippen LogP contribution is -2.19. The molecule has 0 radical (unpaired) electrons. The number of hydrogen-bond acceptors (Lipinski definition) is 14. The number of thioether (sulfide) groups is 1. The monoisotopic (exact) mass is 1020 g/mol. The minimum absolute atomic E-state index is 0. The Bertz CT molecular complexity index is 1170. The maximum Gasteiger partial charge on any atom is 0.302 e. The quantitative estimate of drug-likeness (QED) is 0.227. The van der Waals surface area contributed by atoms with Gasteiger partial charge in [-0.2, -0.15) is 11.8 Å². The van der Waals surface area contributed by atoms with Crippen molar-refractivity contribution in [1.82, 2.24) is 23.3 Å². The van der Waals surface area contributed by atoms with E-state index in [-0.39, 0.29) is 38.4 Å². The topological polar surface area (TPSA) is 213 Å². The van der Waals surface area contributed by atoms with Gasteiger partial charge in [0.1, 0.15) is 15.6 Å². The van der Waals surface area contributed by atoms with Crippen LogP contribution in [0.3, 0.4) is 0 Å². The molecule has 0 saturated carbocycles. The second-order valence-electron chi connectivity index (χ2n) is 11.2. The highest BCUT2D eigenvalue weighted by Crippen LogP contribution is 1.83. The van der Waals surface area contributed by atoms with Crippen LogP contribution in [-0.2, 0) is 64.6 Å². The number of esters is 1. The van der Waals surface area contributed by atoms with Crippen LogP contribution in [0.25, 0.3) is 0 Å². The molecule has 0 atom stereocenters. The van der Waals surface area contributed by atoms with Crippen LogP contribution >= 0.6 is 11.8 Å². The Balaban J connectivity index is -0.0000000244. The Labute approximate surface area is 400 Å². The molecular formula is C41H103N5O12S5. The summed E-state index contributed by atoms with van der Waals surface area (Å²) in [5.74, 6) is 0.106. The Kier molecular flexibility index (Phi) is 161. The predicted octanol–water partition coefficient (Wildman–Crippen LogP) is 6.07. The average Bonchev–Trinajstić information content (AvgIpc) is 3.08. The number of sulfone groups is 1. The van der Waals surface area contributed by atoms with Gasteiger partial charge in [0.25, 0.3) is 0 Å². The van der Waals surface area contributed by atoms with Crippen molar-refractivity contribution in [3.05, 3.63) is 65.8 Å². The number of hydrogen-bond donors (Lipinski definition) is 0. The first-order chi connectivity index (χ1) is 27.1. The van der Waals surface area contributed by atoms with E-state index < -0.39 is 40.7 Å². The number of sulfonamides is 2. The number of ketones is 1. The van der Waals surface area contributed by atoms with E-state index in [0.29, 0.717) is 0 Å². The first-order valence-corrected chi connectivity index (χ1v) is 26.2. The zero-order chi connectivity index (χ0) is 54.7. The number of Topliss-reactive ketones (excluding diaryl/α,β-unsaturated/α-hetero) is 1. The van der Waals surface area contributed by atoms with Crippen LogP contribution in [0.4, 0.5) is 0 Å². The Morgan fingerprint density at radius 3 is 0.540 bits per heavy atom. The first kappa shape index (κ1) is 113. The molecule has 0 rings (SSSR count). The number of carbonyl (C=O) groups excluding carboxylic acids is 4. The highest BCUT2D eigenvalue weighted by Gasteiger charge is 2.01. The van der Waals surface area contributed by atoms with Gasteiger partial charge in [0.2, 0.25) is 31.9 Å². The predicted molar refractivity (Wildman–Crippen MR) is 289 cm³/mol. The molecule has 0 aromatic rings. The van der Waals surface area contributed by atoms with Gasteiger partial charge in [0.15, 0.2) is 0 Å². The summed E-state index contributed by atoms with van der Waals surface area (Å²) < 4.78 is 76.3. The molecule has 0 unspecified atom stereocenters. The van der Waals surface area contributed by atoms with Gasteiger partial charge < -0.3 is 24.2 Å². The molecule has 0 saturated heterocycles. The average molecular weight is 1020 g/mol. The molecule has 0 fully saturated rings. The largest absolute Gasteiger partial charge is 0.469 e. The van der Waals surface area contributed by atoms with Gasteiger partial charge in [-0.25, -0.2) is 33.9 Å². The van der Waals surface area contributed by atoms with E-state index in [1.165, 1.54) is 79.7 Å². The van der Waals surface area contributed by atoms with Crippen LogP contribution in [0.2, 0.25) is 0 Å². The highest BCUT2D eigenvalue weighted by atomic mass is 32.2. The third-order valence-corrected chi connectivity index (χ3v) is 5.53. The maximum absolute atomic E-state index is 10.3. The minimum Gasteiger partial charge on any atom is -0.469 e. The molecule has 63 heavy (non-hydrogen) atoms. The fraction of sp³-hybridized carbons (Fsp3) is 0.659. The van der Waals surface area contributed by atoms with Gasteiger partial charge in [-0.3, -0.25) is 18.6 Å². The van der Waals surface area contributed by atoms with Crippen molar-refractivity contribution >= 4 is 76.0 Å². The first-order valence-electron chi connectivity index (χ1n) is 16.6. The van der Waals surface area contributed by atoms with Crippen molar-refractivity contribution in [3.63, 3.8) is 0 Å². The molecule has 0 aliphatic carbocycles. The lowest BCUT2D eigenvalue weighted by Gasteiger charge is -2.02. The summed E-state index contributed by atoms with van der Waals surface area (Å²) in [6.07, 6.45) is 12.0. The number of rotatable bonds is 2. The second kappa shape index (κ2) is 89.9. The van der Waals surface area contributed by atoms with Crippen molar-refractivity contribution in [2.45, 2.75) is 49.5 Å². The van der Waals surface area contributed by atoms with Crippen molar-refractivity contribution in [1.29, 1.82) is 0 Å². The van der Waals surface area contributed by atoms with Gasteiger partial charge >= 0.3 is 5.97 Å². The molecule has 0 N–H and O–H groups in total. The molecule has 0 aliphatic heterocycles. The molecule has 2 amide bonds. The maximum atomic E-state index is 10.3. The van der Waals surface area contributed by atoms with E-state index in [2.05, 4.69) is 70.5 Å². The van der Waals surface area contributed by atoms with Gasteiger partial charge in [0, 0.05) is 113 Å². The summed E-state index contributed by atoms with van der Waals surface area (Å²) in [6, 6.07) is 0. The fourth-order valence-electron chi connectivity index (χ4n) is 0. The standard InChI is InChI=1S/2C4H9NO.2C3H9NO2S.C3H9N.C3H6O2.C3H6O.C2H6O2S.C2H6OS.C2H6S.5C2H4.2CH4/c2*1-4(6)5(2)3;2*1-4(2)7(3,5)6;1-4(2)3;1-3(4)5-2;1-3(2)4;1-5(2,3)4;1-4(2)3;1-3-2;5*1-2;;/h2*1-3H3;2*1-3H3;1-3H3;1-2H3;1-2H3;1-2H3;1-2H3;1-2H3;5*1-2H2;2*1H4. The van der Waals surface area contributed by atoms with Crippen LogP contribution in [-0.4, -0.2) is 211 Å². The van der Waals surface area contributed by atoms with Crippen LogP contribution in [0.5, 0.6) is 0 Å². The fourth-order valence-corrected chi connectivity index (χ4v) is 0. The molecular weight excluding hydrogens is 915 g/mol. The number of carbonyl (C=O) groups is 4. The SMILES string of the molecule is C.C.C=C.C=C.C=C.C=C.C=C.CC(=O)N(C)C.CC(=O)N(C)C.CC(C)=O.CN(C)C.CN(C)S(C)(=O)=O.CN(C)S(C)(=O)=O.COC(C)=O.CS(C)(=O)=O.CS(C)=O.CSC. The van der Waals surface area contributed by atoms with E-state index >= 15 is 0 Å². The van der Waals surface area contributed by atoms with Crippen molar-refractivity contribution < 1.29 is 53.4 Å². The summed E-state index contributed by atoms with van der Waals surface area (Å²) in [7, 11) is 11.1. The summed E-state index contributed by atoms with van der Waals surface area (Å²) in [5.41, 5.74) is 0. The molecule has 0 bridgehead atoms.